The predicted octanol–water partition coefficient (Wildman–Crippen LogP) is 1.71. The summed E-state index contributed by atoms with van der Waals surface area (Å²) in [7, 11) is 0. The molecule has 0 aliphatic heterocycles. The molecule has 12 nitrogen and oxygen atoms in total. The zero-order valence-electron chi connectivity index (χ0n) is 21.4. The van der Waals surface area contributed by atoms with Gasteiger partial charge in [0.05, 0.1) is 23.3 Å². The van der Waals surface area contributed by atoms with Crippen molar-refractivity contribution in [3.8, 4) is 11.8 Å². The molecular formula is C28H27N5O7. The van der Waals surface area contributed by atoms with E-state index in [0.717, 1.165) is 5.56 Å². The van der Waals surface area contributed by atoms with Crippen molar-refractivity contribution in [2.45, 2.75) is 25.6 Å². The molecule has 0 unspecified atom stereocenters. The van der Waals surface area contributed by atoms with E-state index in [1.165, 1.54) is 36.7 Å². The van der Waals surface area contributed by atoms with Crippen molar-refractivity contribution >= 4 is 29.1 Å². The topological polar surface area (TPSA) is 183 Å². The number of carbonyl (C=O) groups excluding carboxylic acids is 3. The third kappa shape index (κ3) is 8.47. The van der Waals surface area contributed by atoms with Crippen LogP contribution in [0.1, 0.15) is 34.0 Å². The fourth-order valence-corrected chi connectivity index (χ4v) is 3.50. The van der Waals surface area contributed by atoms with Crippen molar-refractivity contribution in [2.75, 3.05) is 11.9 Å². The molecule has 40 heavy (non-hydrogen) atoms. The van der Waals surface area contributed by atoms with Gasteiger partial charge in [0, 0.05) is 35.4 Å². The average molecular weight is 546 g/mol. The van der Waals surface area contributed by atoms with Gasteiger partial charge in [-0.25, -0.2) is 5.48 Å². The van der Waals surface area contributed by atoms with E-state index in [1.54, 1.807) is 48.5 Å². The van der Waals surface area contributed by atoms with E-state index in [4.69, 9.17) is 5.21 Å². The van der Waals surface area contributed by atoms with Crippen molar-refractivity contribution in [3.05, 3.63) is 105 Å². The number of non-ortho nitro benzene ring substituents is 1. The molecule has 0 fully saturated rings. The van der Waals surface area contributed by atoms with Crippen LogP contribution in [-0.2, 0) is 16.1 Å². The first-order valence-electron chi connectivity index (χ1n) is 12.1. The number of benzene rings is 3. The summed E-state index contributed by atoms with van der Waals surface area (Å²) in [5.41, 5.74) is 4.09. The number of carbonyl (C=O) groups is 3. The number of nitro benzene ring substituents is 1. The number of hydrogen-bond donors (Lipinski definition) is 6. The molecule has 6 N–H and O–H groups in total. The Morgan fingerprint density at radius 2 is 1.65 bits per heavy atom. The van der Waals surface area contributed by atoms with Gasteiger partial charge < -0.3 is 21.1 Å². The van der Waals surface area contributed by atoms with Gasteiger partial charge >= 0.3 is 0 Å². The van der Waals surface area contributed by atoms with Crippen molar-refractivity contribution in [1.82, 2.24) is 16.1 Å². The van der Waals surface area contributed by atoms with Crippen LogP contribution in [0.5, 0.6) is 0 Å². The van der Waals surface area contributed by atoms with Gasteiger partial charge in [0.25, 0.3) is 17.5 Å². The van der Waals surface area contributed by atoms with Crippen LogP contribution in [0.15, 0.2) is 72.8 Å². The van der Waals surface area contributed by atoms with Gasteiger partial charge in [0.15, 0.2) is 0 Å². The fraction of sp³-hybridized carbons (Fsp3) is 0.179. The van der Waals surface area contributed by atoms with Crippen LogP contribution < -0.4 is 21.4 Å². The summed E-state index contributed by atoms with van der Waals surface area (Å²) in [5.74, 6) is 4.10. The molecule has 0 aromatic heterocycles. The number of hydroxylamine groups is 1. The number of nitro groups is 1. The molecule has 0 aliphatic carbocycles. The molecule has 0 aliphatic rings. The highest BCUT2D eigenvalue weighted by Crippen LogP contribution is 2.15. The van der Waals surface area contributed by atoms with E-state index in [1.807, 2.05) is 0 Å². The summed E-state index contributed by atoms with van der Waals surface area (Å²) in [5, 5.41) is 37.3. The Bertz CT molecular complexity index is 1430. The van der Waals surface area contributed by atoms with Crippen molar-refractivity contribution in [3.63, 3.8) is 0 Å². The number of anilines is 1. The van der Waals surface area contributed by atoms with Crippen LogP contribution in [0.4, 0.5) is 11.4 Å². The standard InChI is InChI=1S/C28H27N5O7/c1-18(34)26(28(37)32-38)31-27(36)22-12-7-19(8-13-22)6-11-21-4-2-3-5-24(21)30-25(35)17-29-16-20-9-14-23(15-10-20)33(39)40/h2-5,7-10,12-15,18,26,29,34,38H,16-17H2,1H3,(H,30,35)(H,31,36)(H,32,37)/t18-,26+/m1/s1. The zero-order chi connectivity index (χ0) is 29.1. The van der Waals surface area contributed by atoms with Crippen molar-refractivity contribution < 1.29 is 29.6 Å². The summed E-state index contributed by atoms with van der Waals surface area (Å²) < 4.78 is 0. The lowest BCUT2D eigenvalue weighted by Gasteiger charge is -2.19. The van der Waals surface area contributed by atoms with Gasteiger partial charge in [-0.05, 0) is 48.9 Å². The van der Waals surface area contributed by atoms with Gasteiger partial charge in [0.1, 0.15) is 6.04 Å². The summed E-state index contributed by atoms with van der Waals surface area (Å²) in [6.07, 6.45) is -1.23. The molecule has 2 atom stereocenters. The maximum absolute atomic E-state index is 12.5. The Balaban J connectivity index is 1.58. The first-order chi connectivity index (χ1) is 19.2. The SMILES string of the molecule is C[C@@H](O)[C@H](NC(=O)c1ccc(C#Cc2ccccc2NC(=O)CNCc2ccc([N+](=O)[O-])cc2)cc1)C(=O)NO. The predicted molar refractivity (Wildman–Crippen MR) is 145 cm³/mol. The molecule has 0 spiro atoms. The number of nitrogens with one attached hydrogen (secondary N) is 4. The Morgan fingerprint density at radius 3 is 2.27 bits per heavy atom. The third-order valence-electron chi connectivity index (χ3n) is 5.61. The van der Waals surface area contributed by atoms with Crippen molar-refractivity contribution in [2.24, 2.45) is 0 Å². The number of aliphatic hydroxyl groups is 1. The van der Waals surface area contributed by atoms with E-state index in [9.17, 15) is 29.6 Å². The molecule has 0 heterocycles. The molecule has 12 heteroatoms. The fourth-order valence-electron chi connectivity index (χ4n) is 3.50. The smallest absolute Gasteiger partial charge is 0.269 e. The second kappa shape index (κ2) is 14.2. The van der Waals surface area contributed by atoms with Gasteiger partial charge in [-0.15, -0.1) is 0 Å². The maximum atomic E-state index is 12.5. The number of nitrogens with zero attached hydrogens (tertiary/aromatic N) is 1. The molecule has 0 bridgehead atoms. The second-order valence-corrected chi connectivity index (χ2v) is 8.62. The summed E-state index contributed by atoms with van der Waals surface area (Å²) in [4.78, 5) is 46.8. The van der Waals surface area contributed by atoms with Crippen LogP contribution >= 0.6 is 0 Å². The van der Waals surface area contributed by atoms with E-state index in [0.29, 0.717) is 23.4 Å². The Morgan fingerprint density at radius 1 is 0.975 bits per heavy atom. The second-order valence-electron chi connectivity index (χ2n) is 8.62. The quantitative estimate of drug-likeness (QED) is 0.0963. The minimum atomic E-state index is -1.33. The summed E-state index contributed by atoms with van der Waals surface area (Å²) in [6.45, 7) is 1.67. The largest absolute Gasteiger partial charge is 0.391 e. The minimum Gasteiger partial charge on any atom is -0.391 e. The number of amides is 3. The Kier molecular flexibility index (Phi) is 10.4. The number of rotatable bonds is 10. The third-order valence-corrected chi connectivity index (χ3v) is 5.61. The first-order valence-corrected chi connectivity index (χ1v) is 12.1. The van der Waals surface area contributed by atoms with Crippen LogP contribution in [0, 0.1) is 22.0 Å². The van der Waals surface area contributed by atoms with E-state index >= 15 is 0 Å². The van der Waals surface area contributed by atoms with E-state index in [-0.39, 0.29) is 23.7 Å². The molecule has 3 aromatic carbocycles. The van der Waals surface area contributed by atoms with Gasteiger partial charge in [-0.3, -0.25) is 29.7 Å². The average Bonchev–Trinajstić information content (AvgIpc) is 2.95. The number of para-hydroxylation sites is 1. The van der Waals surface area contributed by atoms with Gasteiger partial charge in [-0.1, -0.05) is 36.1 Å². The molecule has 3 amide bonds. The van der Waals surface area contributed by atoms with E-state index < -0.39 is 28.9 Å². The normalized spacial score (nSPS) is 11.8. The van der Waals surface area contributed by atoms with Crippen LogP contribution in [-0.4, -0.2) is 51.6 Å². The molecule has 3 rings (SSSR count). The molecular weight excluding hydrogens is 518 g/mol. The minimum absolute atomic E-state index is 0.00351. The van der Waals surface area contributed by atoms with Crippen LogP contribution in [0.3, 0.4) is 0 Å². The Labute approximate surface area is 229 Å². The zero-order valence-corrected chi connectivity index (χ0v) is 21.4. The van der Waals surface area contributed by atoms with Gasteiger partial charge in [0.2, 0.25) is 5.91 Å². The van der Waals surface area contributed by atoms with Crippen LogP contribution in [0.2, 0.25) is 0 Å². The van der Waals surface area contributed by atoms with Crippen molar-refractivity contribution in [1.29, 1.82) is 0 Å². The number of hydrogen-bond acceptors (Lipinski definition) is 8. The highest BCUT2D eigenvalue weighted by molar-refractivity contribution is 5.97. The lowest BCUT2D eigenvalue weighted by molar-refractivity contribution is -0.384. The summed E-state index contributed by atoms with van der Waals surface area (Å²) in [6, 6.07) is 17.9. The Hall–Kier alpha value is -5.09. The highest BCUT2D eigenvalue weighted by atomic mass is 16.6. The number of aliphatic hydroxyl groups excluding tert-OH is 1. The maximum Gasteiger partial charge on any atom is 0.269 e. The van der Waals surface area contributed by atoms with Gasteiger partial charge in [-0.2, -0.15) is 0 Å². The summed E-state index contributed by atoms with van der Waals surface area (Å²) >= 11 is 0. The molecule has 0 saturated heterocycles. The molecule has 206 valence electrons. The molecule has 0 radical (unpaired) electrons. The monoisotopic (exact) mass is 545 g/mol. The van der Waals surface area contributed by atoms with E-state index in [2.05, 4.69) is 27.8 Å². The lowest BCUT2D eigenvalue weighted by atomic mass is 10.1. The lowest BCUT2D eigenvalue weighted by Crippen LogP contribution is -2.51. The highest BCUT2D eigenvalue weighted by Gasteiger charge is 2.25. The molecule has 3 aromatic rings. The first kappa shape index (κ1) is 29.5. The molecule has 0 saturated carbocycles. The van der Waals surface area contributed by atoms with Crippen LogP contribution in [0.25, 0.3) is 0 Å².